The Morgan fingerprint density at radius 1 is 1.33 bits per heavy atom. The maximum Gasteiger partial charge on any atom is 0.308 e. The SMILES string of the molecule is CC(C)(C)OC(=O)CC1CCCCCO1. The van der Waals surface area contributed by atoms with Gasteiger partial charge >= 0.3 is 5.97 Å². The maximum absolute atomic E-state index is 11.5. The van der Waals surface area contributed by atoms with Crippen LogP contribution in [0.2, 0.25) is 0 Å². The minimum atomic E-state index is -0.387. The van der Waals surface area contributed by atoms with Crippen molar-refractivity contribution in [3.8, 4) is 0 Å². The van der Waals surface area contributed by atoms with Crippen LogP contribution >= 0.6 is 0 Å². The van der Waals surface area contributed by atoms with E-state index in [0.717, 1.165) is 25.9 Å². The largest absolute Gasteiger partial charge is 0.460 e. The van der Waals surface area contributed by atoms with Crippen LogP contribution in [0.3, 0.4) is 0 Å². The zero-order chi connectivity index (χ0) is 11.3. The van der Waals surface area contributed by atoms with E-state index in [9.17, 15) is 4.79 Å². The Morgan fingerprint density at radius 2 is 2.07 bits per heavy atom. The van der Waals surface area contributed by atoms with Gasteiger partial charge in [0.15, 0.2) is 0 Å². The molecule has 0 N–H and O–H groups in total. The monoisotopic (exact) mass is 214 g/mol. The average molecular weight is 214 g/mol. The second-order valence-corrected chi connectivity index (χ2v) is 5.13. The maximum atomic E-state index is 11.5. The molecule has 1 heterocycles. The molecule has 0 saturated carbocycles. The third-order valence-corrected chi connectivity index (χ3v) is 2.34. The summed E-state index contributed by atoms with van der Waals surface area (Å²) >= 11 is 0. The molecule has 1 aliphatic rings. The predicted molar refractivity (Wildman–Crippen MR) is 58.7 cm³/mol. The van der Waals surface area contributed by atoms with Gasteiger partial charge in [0.1, 0.15) is 5.60 Å². The molecule has 3 nitrogen and oxygen atoms in total. The van der Waals surface area contributed by atoms with Gasteiger partial charge in [0.05, 0.1) is 12.5 Å². The molecule has 0 amide bonds. The van der Waals surface area contributed by atoms with Crippen LogP contribution in [0.5, 0.6) is 0 Å². The first-order valence-corrected chi connectivity index (χ1v) is 5.81. The van der Waals surface area contributed by atoms with E-state index in [1.165, 1.54) is 6.42 Å². The lowest BCUT2D eigenvalue weighted by Gasteiger charge is -2.21. The Morgan fingerprint density at radius 3 is 2.73 bits per heavy atom. The predicted octanol–water partition coefficient (Wildman–Crippen LogP) is 2.68. The Hall–Kier alpha value is -0.570. The van der Waals surface area contributed by atoms with Crippen molar-refractivity contribution in [2.24, 2.45) is 0 Å². The third-order valence-electron chi connectivity index (χ3n) is 2.34. The summed E-state index contributed by atoms with van der Waals surface area (Å²) in [5.74, 6) is -0.144. The van der Waals surface area contributed by atoms with Gasteiger partial charge in [0, 0.05) is 6.61 Å². The van der Waals surface area contributed by atoms with Gasteiger partial charge < -0.3 is 9.47 Å². The summed E-state index contributed by atoms with van der Waals surface area (Å²) in [4.78, 5) is 11.5. The number of ether oxygens (including phenoxy) is 2. The van der Waals surface area contributed by atoms with Crippen molar-refractivity contribution in [1.82, 2.24) is 0 Å². The van der Waals surface area contributed by atoms with Gasteiger partial charge in [0.2, 0.25) is 0 Å². The summed E-state index contributed by atoms with van der Waals surface area (Å²) in [5.41, 5.74) is -0.387. The van der Waals surface area contributed by atoms with Crippen LogP contribution in [-0.2, 0) is 14.3 Å². The quantitative estimate of drug-likeness (QED) is 0.663. The van der Waals surface area contributed by atoms with Crippen molar-refractivity contribution >= 4 is 5.97 Å². The zero-order valence-corrected chi connectivity index (χ0v) is 10.0. The molecule has 0 bridgehead atoms. The van der Waals surface area contributed by atoms with Crippen molar-refractivity contribution < 1.29 is 14.3 Å². The van der Waals surface area contributed by atoms with Crippen LogP contribution in [0.1, 0.15) is 52.9 Å². The Bertz CT molecular complexity index is 197. The molecule has 1 fully saturated rings. The number of carbonyl (C=O) groups is 1. The molecular weight excluding hydrogens is 192 g/mol. The first kappa shape index (κ1) is 12.5. The highest BCUT2D eigenvalue weighted by Crippen LogP contribution is 2.17. The molecule has 0 aromatic carbocycles. The molecule has 0 radical (unpaired) electrons. The van der Waals surface area contributed by atoms with E-state index in [-0.39, 0.29) is 17.7 Å². The highest BCUT2D eigenvalue weighted by Gasteiger charge is 2.21. The molecule has 0 aromatic heterocycles. The smallest absolute Gasteiger partial charge is 0.308 e. The standard InChI is InChI=1S/C12H22O3/c1-12(2,3)15-11(13)9-10-7-5-4-6-8-14-10/h10H,4-9H2,1-3H3. The molecule has 1 saturated heterocycles. The second-order valence-electron chi connectivity index (χ2n) is 5.13. The number of hydrogen-bond acceptors (Lipinski definition) is 3. The first-order valence-electron chi connectivity index (χ1n) is 5.81. The molecule has 88 valence electrons. The van der Waals surface area contributed by atoms with Crippen molar-refractivity contribution in [2.75, 3.05) is 6.61 Å². The summed E-state index contributed by atoms with van der Waals surface area (Å²) in [5, 5.41) is 0. The highest BCUT2D eigenvalue weighted by atomic mass is 16.6. The van der Waals surface area contributed by atoms with Crippen LogP contribution in [0.25, 0.3) is 0 Å². The topological polar surface area (TPSA) is 35.5 Å². The van der Waals surface area contributed by atoms with Gasteiger partial charge in [-0.25, -0.2) is 0 Å². The average Bonchev–Trinajstić information content (AvgIpc) is 2.28. The van der Waals surface area contributed by atoms with E-state index < -0.39 is 0 Å². The minimum absolute atomic E-state index is 0.0716. The normalized spacial score (nSPS) is 23.3. The van der Waals surface area contributed by atoms with E-state index in [1.54, 1.807) is 0 Å². The van der Waals surface area contributed by atoms with Gasteiger partial charge in [-0.15, -0.1) is 0 Å². The summed E-state index contributed by atoms with van der Waals surface area (Å²) < 4.78 is 10.8. The number of esters is 1. The lowest BCUT2D eigenvalue weighted by Crippen LogP contribution is -2.27. The lowest BCUT2D eigenvalue weighted by atomic mass is 10.1. The number of carbonyl (C=O) groups excluding carboxylic acids is 1. The van der Waals surface area contributed by atoms with E-state index in [1.807, 2.05) is 20.8 Å². The van der Waals surface area contributed by atoms with Gasteiger partial charge in [0.25, 0.3) is 0 Å². The van der Waals surface area contributed by atoms with Crippen molar-refractivity contribution in [2.45, 2.75) is 64.6 Å². The summed E-state index contributed by atoms with van der Waals surface area (Å²) in [6.45, 7) is 6.45. The van der Waals surface area contributed by atoms with Crippen LogP contribution in [0, 0.1) is 0 Å². The molecule has 0 spiro atoms. The van der Waals surface area contributed by atoms with E-state index >= 15 is 0 Å². The van der Waals surface area contributed by atoms with Gasteiger partial charge in [-0.05, 0) is 33.6 Å². The zero-order valence-electron chi connectivity index (χ0n) is 10.0. The Kier molecular flexibility index (Phi) is 4.58. The van der Waals surface area contributed by atoms with Crippen LogP contribution < -0.4 is 0 Å². The second kappa shape index (κ2) is 5.50. The fourth-order valence-corrected chi connectivity index (χ4v) is 1.71. The van der Waals surface area contributed by atoms with Crippen LogP contribution in [-0.4, -0.2) is 24.3 Å². The first-order chi connectivity index (χ1) is 6.97. The molecule has 1 atom stereocenters. The van der Waals surface area contributed by atoms with Crippen molar-refractivity contribution in [3.63, 3.8) is 0 Å². The number of rotatable bonds is 2. The van der Waals surface area contributed by atoms with Crippen molar-refractivity contribution in [3.05, 3.63) is 0 Å². The summed E-state index contributed by atoms with van der Waals surface area (Å²) in [6.07, 6.45) is 4.95. The minimum Gasteiger partial charge on any atom is -0.460 e. The molecule has 0 aliphatic carbocycles. The molecular formula is C12H22O3. The number of hydrogen-bond donors (Lipinski definition) is 0. The molecule has 15 heavy (non-hydrogen) atoms. The summed E-state index contributed by atoms with van der Waals surface area (Å²) in [7, 11) is 0. The van der Waals surface area contributed by atoms with Crippen molar-refractivity contribution in [1.29, 1.82) is 0 Å². The molecule has 0 aromatic rings. The van der Waals surface area contributed by atoms with Gasteiger partial charge in [-0.2, -0.15) is 0 Å². The van der Waals surface area contributed by atoms with Gasteiger partial charge in [-0.3, -0.25) is 4.79 Å². The van der Waals surface area contributed by atoms with E-state index in [4.69, 9.17) is 9.47 Å². The fourth-order valence-electron chi connectivity index (χ4n) is 1.71. The fraction of sp³-hybridized carbons (Fsp3) is 0.917. The molecule has 1 aliphatic heterocycles. The Balaban J connectivity index is 2.30. The van der Waals surface area contributed by atoms with E-state index in [2.05, 4.69) is 0 Å². The van der Waals surface area contributed by atoms with Crippen LogP contribution in [0.4, 0.5) is 0 Å². The molecule has 3 heteroatoms. The highest BCUT2D eigenvalue weighted by molar-refractivity contribution is 5.70. The third kappa shape index (κ3) is 5.78. The molecule has 1 rings (SSSR count). The Labute approximate surface area is 92.1 Å². The van der Waals surface area contributed by atoms with Gasteiger partial charge in [-0.1, -0.05) is 12.8 Å². The lowest BCUT2D eigenvalue weighted by molar-refractivity contribution is -0.158. The van der Waals surface area contributed by atoms with Crippen LogP contribution in [0.15, 0.2) is 0 Å². The molecule has 1 unspecified atom stereocenters. The van der Waals surface area contributed by atoms with E-state index in [0.29, 0.717) is 6.42 Å². The summed E-state index contributed by atoms with van der Waals surface area (Å²) in [6, 6.07) is 0.